The third-order valence-corrected chi connectivity index (χ3v) is 5.23. The number of nitrogens with zero attached hydrogens (tertiary/aromatic N) is 2. The molecule has 0 fully saturated rings. The number of nitrogens with one attached hydrogen (secondary N) is 1. The van der Waals surface area contributed by atoms with Gasteiger partial charge in [0.2, 0.25) is 5.91 Å². The van der Waals surface area contributed by atoms with Crippen LogP contribution < -0.4 is 5.32 Å². The average Bonchev–Trinajstić information content (AvgIpc) is 2.97. The molecule has 2 rings (SSSR count). The predicted octanol–water partition coefficient (Wildman–Crippen LogP) is 4.20. The molecule has 0 saturated carbocycles. The molecule has 1 N–H and O–H groups in total. The number of anilines is 1. The first kappa shape index (κ1) is 20.3. The van der Waals surface area contributed by atoms with Gasteiger partial charge >= 0.3 is 0 Å². The van der Waals surface area contributed by atoms with Crippen molar-refractivity contribution in [3.05, 3.63) is 57.7 Å². The van der Waals surface area contributed by atoms with Gasteiger partial charge in [-0.1, -0.05) is 12.1 Å². The molecule has 0 atom stereocenters. The number of rotatable bonds is 6. The molecule has 1 aromatic carbocycles. The molecular weight excluding hydrogens is 365 g/mol. The Morgan fingerprint density at radius 1 is 1.26 bits per heavy atom. The highest BCUT2D eigenvalue weighted by Crippen LogP contribution is 2.33. The maximum atomic E-state index is 12.9. The zero-order chi connectivity index (χ0) is 20.0. The van der Waals surface area contributed by atoms with Crippen molar-refractivity contribution < 1.29 is 14.0 Å². The molecule has 0 aliphatic rings. The van der Waals surface area contributed by atoms with Crippen LogP contribution in [0.4, 0.5) is 9.39 Å². The molecule has 0 aliphatic carbocycles. The van der Waals surface area contributed by atoms with Gasteiger partial charge in [-0.2, -0.15) is 5.26 Å². The maximum absolute atomic E-state index is 12.9. The molecule has 140 valence electrons. The van der Waals surface area contributed by atoms with Crippen LogP contribution in [-0.4, -0.2) is 29.8 Å². The maximum Gasteiger partial charge on any atom is 0.264 e. The number of hydrogen-bond acceptors (Lipinski definition) is 4. The van der Waals surface area contributed by atoms with Gasteiger partial charge in [0.15, 0.2) is 0 Å². The highest BCUT2D eigenvalue weighted by atomic mass is 32.1. The number of amides is 2. The number of carbonyl (C=O) groups is 2. The van der Waals surface area contributed by atoms with Crippen LogP contribution in [0.3, 0.4) is 0 Å². The number of carbonyl (C=O) groups excluding carboxylic acids is 2. The van der Waals surface area contributed by atoms with Crippen molar-refractivity contribution in [1.82, 2.24) is 4.90 Å². The number of thiophene rings is 1. The van der Waals surface area contributed by atoms with E-state index in [1.807, 2.05) is 13.8 Å². The van der Waals surface area contributed by atoms with Gasteiger partial charge < -0.3 is 10.2 Å². The summed E-state index contributed by atoms with van der Waals surface area (Å²) in [5, 5.41) is 12.4. The highest BCUT2D eigenvalue weighted by molar-refractivity contribution is 7.18. The first-order valence-corrected chi connectivity index (χ1v) is 9.30. The number of nitriles is 1. The molecule has 0 spiro atoms. The third kappa shape index (κ3) is 4.80. The summed E-state index contributed by atoms with van der Waals surface area (Å²) in [6.07, 6.45) is 2.85. The second kappa shape index (κ2) is 9.10. The minimum atomic E-state index is -0.432. The highest BCUT2D eigenvalue weighted by Gasteiger charge is 2.23. The summed E-state index contributed by atoms with van der Waals surface area (Å²) >= 11 is 1.10. The Kier molecular flexibility index (Phi) is 6.85. The van der Waals surface area contributed by atoms with Crippen LogP contribution in [0.25, 0.3) is 6.08 Å². The molecule has 1 heterocycles. The van der Waals surface area contributed by atoms with E-state index in [2.05, 4.69) is 11.4 Å². The second-order valence-electron chi connectivity index (χ2n) is 5.72. The van der Waals surface area contributed by atoms with E-state index in [0.29, 0.717) is 39.7 Å². The van der Waals surface area contributed by atoms with Crippen molar-refractivity contribution in [3.63, 3.8) is 0 Å². The summed E-state index contributed by atoms with van der Waals surface area (Å²) in [5.74, 6) is -0.935. The van der Waals surface area contributed by atoms with Crippen molar-refractivity contribution in [2.45, 2.75) is 20.8 Å². The van der Waals surface area contributed by atoms with E-state index in [-0.39, 0.29) is 11.7 Å². The van der Waals surface area contributed by atoms with Gasteiger partial charge in [-0.25, -0.2) is 4.39 Å². The Hall–Kier alpha value is -2.98. The quantitative estimate of drug-likeness (QED) is 0.758. The summed E-state index contributed by atoms with van der Waals surface area (Å²) in [7, 11) is 0. The van der Waals surface area contributed by atoms with Crippen LogP contribution in [-0.2, 0) is 4.79 Å². The Morgan fingerprint density at radius 2 is 1.89 bits per heavy atom. The fourth-order valence-electron chi connectivity index (χ4n) is 2.49. The third-order valence-electron chi connectivity index (χ3n) is 4.04. The predicted molar refractivity (Wildman–Crippen MR) is 105 cm³/mol. The van der Waals surface area contributed by atoms with E-state index in [1.165, 1.54) is 18.2 Å². The van der Waals surface area contributed by atoms with Crippen LogP contribution >= 0.6 is 11.3 Å². The molecule has 1 aromatic heterocycles. The molecule has 5 nitrogen and oxygen atoms in total. The van der Waals surface area contributed by atoms with Gasteiger partial charge in [0.05, 0.1) is 10.4 Å². The largest absolute Gasteiger partial charge is 0.338 e. The van der Waals surface area contributed by atoms with Crippen molar-refractivity contribution >= 4 is 34.2 Å². The Bertz CT molecular complexity index is 907. The fraction of sp³-hybridized carbons (Fsp3) is 0.250. The first-order valence-electron chi connectivity index (χ1n) is 8.48. The van der Waals surface area contributed by atoms with E-state index in [4.69, 9.17) is 0 Å². The van der Waals surface area contributed by atoms with Gasteiger partial charge in [0, 0.05) is 19.2 Å². The van der Waals surface area contributed by atoms with Crippen molar-refractivity contribution in [1.29, 1.82) is 5.26 Å². The van der Waals surface area contributed by atoms with Gasteiger partial charge in [0.25, 0.3) is 5.91 Å². The molecule has 0 bridgehead atoms. The molecule has 2 aromatic rings. The monoisotopic (exact) mass is 385 g/mol. The van der Waals surface area contributed by atoms with Crippen molar-refractivity contribution in [3.8, 4) is 6.07 Å². The molecule has 0 unspecified atom stereocenters. The number of halogens is 1. The normalized spacial score (nSPS) is 10.6. The lowest BCUT2D eigenvalue weighted by molar-refractivity contribution is -0.111. The summed E-state index contributed by atoms with van der Waals surface area (Å²) in [6.45, 7) is 6.61. The minimum absolute atomic E-state index is 0.152. The zero-order valence-electron chi connectivity index (χ0n) is 15.4. The number of benzene rings is 1. The lowest BCUT2D eigenvalue weighted by atomic mass is 10.1. The molecule has 7 heteroatoms. The smallest absolute Gasteiger partial charge is 0.264 e. The van der Waals surface area contributed by atoms with Crippen LogP contribution in [0.5, 0.6) is 0 Å². The van der Waals surface area contributed by atoms with Gasteiger partial charge in [-0.3, -0.25) is 9.59 Å². The summed E-state index contributed by atoms with van der Waals surface area (Å²) < 4.78 is 12.9. The first-order chi connectivity index (χ1) is 12.9. The van der Waals surface area contributed by atoms with E-state index in [0.717, 1.165) is 11.3 Å². The molecule has 0 radical (unpaired) electrons. The molecule has 0 saturated heterocycles. The standard InChI is InChI=1S/C20H20FN3O2S/c1-4-24(5-2)20(26)18-13(3)16(12-22)19(27-18)23-17(25)11-8-14-6-9-15(21)10-7-14/h6-11H,4-5H2,1-3H3,(H,23,25). The topological polar surface area (TPSA) is 73.2 Å². The number of hydrogen-bond donors (Lipinski definition) is 1. The second-order valence-corrected chi connectivity index (χ2v) is 6.74. The van der Waals surface area contributed by atoms with E-state index in [1.54, 1.807) is 30.0 Å². The minimum Gasteiger partial charge on any atom is -0.338 e. The summed E-state index contributed by atoms with van der Waals surface area (Å²) in [6, 6.07) is 7.77. The molecule has 0 aliphatic heterocycles. The molecule has 2 amide bonds. The lowest BCUT2D eigenvalue weighted by Crippen LogP contribution is -2.30. The van der Waals surface area contributed by atoms with Gasteiger partial charge in [-0.15, -0.1) is 11.3 Å². The Labute approximate surface area is 161 Å². The lowest BCUT2D eigenvalue weighted by Gasteiger charge is -2.17. The van der Waals surface area contributed by atoms with Gasteiger partial charge in [0.1, 0.15) is 16.9 Å². The fourth-order valence-corrected chi connectivity index (χ4v) is 3.62. The van der Waals surface area contributed by atoms with E-state index in [9.17, 15) is 19.2 Å². The van der Waals surface area contributed by atoms with Crippen LogP contribution in [0.15, 0.2) is 30.3 Å². The van der Waals surface area contributed by atoms with E-state index < -0.39 is 5.91 Å². The van der Waals surface area contributed by atoms with Crippen LogP contribution in [0.2, 0.25) is 0 Å². The SMILES string of the molecule is CCN(CC)C(=O)c1sc(NC(=O)C=Cc2ccc(F)cc2)c(C#N)c1C. The Balaban J connectivity index is 2.21. The Morgan fingerprint density at radius 3 is 2.44 bits per heavy atom. The van der Waals surface area contributed by atoms with Crippen LogP contribution in [0.1, 0.15) is 40.2 Å². The van der Waals surface area contributed by atoms with Crippen LogP contribution in [0, 0.1) is 24.1 Å². The van der Waals surface area contributed by atoms with E-state index >= 15 is 0 Å². The zero-order valence-corrected chi connectivity index (χ0v) is 16.2. The molecular formula is C20H20FN3O2S. The average molecular weight is 385 g/mol. The summed E-state index contributed by atoms with van der Waals surface area (Å²) in [5.41, 5.74) is 1.53. The van der Waals surface area contributed by atoms with Crippen molar-refractivity contribution in [2.75, 3.05) is 18.4 Å². The molecule has 27 heavy (non-hydrogen) atoms. The summed E-state index contributed by atoms with van der Waals surface area (Å²) in [4.78, 5) is 26.9. The van der Waals surface area contributed by atoms with Gasteiger partial charge in [-0.05, 0) is 50.1 Å². The van der Waals surface area contributed by atoms with Crippen molar-refractivity contribution in [2.24, 2.45) is 0 Å².